The topological polar surface area (TPSA) is 77.8 Å². The predicted octanol–water partition coefficient (Wildman–Crippen LogP) is -1.40. The molecule has 11 heavy (non-hydrogen) atoms. The summed E-state index contributed by atoms with van der Waals surface area (Å²) in [6.07, 6.45) is -2.76. The molecule has 0 unspecified atom stereocenters. The normalized spacial score (nSPS) is 38.7. The quantitative estimate of drug-likeness (QED) is 0.405. The SMILES string of the molecule is CC1=C[C@H](O)[C@H](O)[C@H](O)C1=O. The van der Waals surface area contributed by atoms with E-state index >= 15 is 0 Å². The molecular formula is C7H10O4. The zero-order valence-electron chi connectivity index (χ0n) is 6.06. The molecule has 1 aliphatic rings. The van der Waals surface area contributed by atoms with Gasteiger partial charge in [0.2, 0.25) is 0 Å². The maximum Gasteiger partial charge on any atom is 0.189 e. The van der Waals surface area contributed by atoms with Crippen LogP contribution in [0.4, 0.5) is 0 Å². The molecule has 0 aromatic heterocycles. The number of hydrogen-bond acceptors (Lipinski definition) is 4. The maximum absolute atomic E-state index is 10.9. The smallest absolute Gasteiger partial charge is 0.189 e. The van der Waals surface area contributed by atoms with E-state index in [-0.39, 0.29) is 5.57 Å². The molecule has 0 heterocycles. The molecule has 0 radical (unpaired) electrons. The fourth-order valence-electron chi connectivity index (χ4n) is 1.01. The Labute approximate surface area is 63.8 Å². The van der Waals surface area contributed by atoms with Gasteiger partial charge in [-0.3, -0.25) is 4.79 Å². The monoisotopic (exact) mass is 158 g/mol. The van der Waals surface area contributed by atoms with Gasteiger partial charge in [0.15, 0.2) is 5.78 Å². The van der Waals surface area contributed by atoms with Gasteiger partial charge in [0.1, 0.15) is 18.3 Å². The van der Waals surface area contributed by atoms with Crippen LogP contribution in [0, 0.1) is 0 Å². The zero-order valence-corrected chi connectivity index (χ0v) is 6.06. The first-order valence-corrected chi connectivity index (χ1v) is 3.31. The number of aliphatic hydroxyl groups excluding tert-OH is 3. The van der Waals surface area contributed by atoms with Crippen molar-refractivity contribution in [3.8, 4) is 0 Å². The summed E-state index contributed by atoms with van der Waals surface area (Å²) in [5, 5.41) is 27.0. The van der Waals surface area contributed by atoms with Crippen LogP contribution < -0.4 is 0 Å². The lowest BCUT2D eigenvalue weighted by atomic mass is 9.92. The highest BCUT2D eigenvalue weighted by atomic mass is 16.4. The van der Waals surface area contributed by atoms with Gasteiger partial charge in [-0.25, -0.2) is 0 Å². The zero-order chi connectivity index (χ0) is 8.59. The Bertz CT molecular complexity index is 208. The van der Waals surface area contributed by atoms with Gasteiger partial charge in [-0.05, 0) is 18.6 Å². The summed E-state index contributed by atoms with van der Waals surface area (Å²) in [5.41, 5.74) is 0.287. The molecule has 0 saturated heterocycles. The Morgan fingerprint density at radius 3 is 2.45 bits per heavy atom. The lowest BCUT2D eigenvalue weighted by Crippen LogP contribution is -2.45. The molecule has 0 amide bonds. The van der Waals surface area contributed by atoms with Gasteiger partial charge in [-0.2, -0.15) is 0 Å². The molecule has 0 aromatic carbocycles. The Hall–Kier alpha value is -0.710. The minimum Gasteiger partial charge on any atom is -0.387 e. The Morgan fingerprint density at radius 2 is 1.91 bits per heavy atom. The second kappa shape index (κ2) is 2.73. The third kappa shape index (κ3) is 1.33. The van der Waals surface area contributed by atoms with E-state index in [0.29, 0.717) is 0 Å². The third-order valence-corrected chi connectivity index (χ3v) is 1.75. The second-order valence-electron chi connectivity index (χ2n) is 2.64. The van der Waals surface area contributed by atoms with Crippen molar-refractivity contribution in [3.05, 3.63) is 11.6 Å². The summed E-state index contributed by atoms with van der Waals surface area (Å²) < 4.78 is 0. The van der Waals surface area contributed by atoms with Crippen molar-refractivity contribution >= 4 is 5.78 Å². The van der Waals surface area contributed by atoms with E-state index in [4.69, 9.17) is 15.3 Å². The standard InChI is InChI=1S/C7H10O4/c1-3-2-4(8)6(10)7(11)5(3)9/h2,4,6-8,10-11H,1H3/t4-,6-,7+/m0/s1. The summed E-state index contributed by atoms with van der Waals surface area (Å²) in [6.45, 7) is 1.49. The van der Waals surface area contributed by atoms with Crippen molar-refractivity contribution in [2.75, 3.05) is 0 Å². The van der Waals surface area contributed by atoms with Gasteiger partial charge >= 0.3 is 0 Å². The first kappa shape index (κ1) is 8.39. The van der Waals surface area contributed by atoms with E-state index in [1.807, 2.05) is 0 Å². The average Bonchev–Trinajstić information content (AvgIpc) is 1.97. The van der Waals surface area contributed by atoms with Gasteiger partial charge in [-0.15, -0.1) is 0 Å². The summed E-state index contributed by atoms with van der Waals surface area (Å²) in [5.74, 6) is -0.525. The van der Waals surface area contributed by atoms with Crippen molar-refractivity contribution in [3.63, 3.8) is 0 Å². The van der Waals surface area contributed by atoms with Crippen LogP contribution in [0.5, 0.6) is 0 Å². The van der Waals surface area contributed by atoms with Crippen molar-refractivity contribution in [2.24, 2.45) is 0 Å². The number of hydrogen-bond donors (Lipinski definition) is 3. The van der Waals surface area contributed by atoms with Crippen LogP contribution in [0.15, 0.2) is 11.6 Å². The van der Waals surface area contributed by atoms with E-state index < -0.39 is 24.1 Å². The molecule has 4 heteroatoms. The molecule has 0 saturated carbocycles. The van der Waals surface area contributed by atoms with Crippen molar-refractivity contribution in [1.29, 1.82) is 0 Å². The highest BCUT2D eigenvalue weighted by Gasteiger charge is 2.34. The number of rotatable bonds is 0. The van der Waals surface area contributed by atoms with E-state index in [1.165, 1.54) is 13.0 Å². The lowest BCUT2D eigenvalue weighted by Gasteiger charge is -2.24. The minimum absolute atomic E-state index is 0.287. The Balaban J connectivity index is 2.92. The van der Waals surface area contributed by atoms with Crippen LogP contribution in [0.1, 0.15) is 6.92 Å². The van der Waals surface area contributed by atoms with E-state index in [1.54, 1.807) is 0 Å². The lowest BCUT2D eigenvalue weighted by molar-refractivity contribution is -0.134. The molecular weight excluding hydrogens is 148 g/mol. The van der Waals surface area contributed by atoms with E-state index in [9.17, 15) is 4.79 Å². The van der Waals surface area contributed by atoms with Crippen LogP contribution in [-0.2, 0) is 4.79 Å². The highest BCUT2D eigenvalue weighted by molar-refractivity contribution is 5.99. The van der Waals surface area contributed by atoms with Crippen molar-refractivity contribution in [2.45, 2.75) is 25.2 Å². The Kier molecular flexibility index (Phi) is 2.08. The summed E-state index contributed by atoms with van der Waals surface area (Å²) >= 11 is 0. The Morgan fingerprint density at radius 1 is 1.36 bits per heavy atom. The summed E-state index contributed by atoms with van der Waals surface area (Å²) in [7, 11) is 0. The van der Waals surface area contributed by atoms with Gasteiger partial charge in [0.25, 0.3) is 0 Å². The fraction of sp³-hybridized carbons (Fsp3) is 0.571. The fourth-order valence-corrected chi connectivity index (χ4v) is 1.01. The molecule has 4 nitrogen and oxygen atoms in total. The van der Waals surface area contributed by atoms with Gasteiger partial charge in [0, 0.05) is 0 Å². The largest absolute Gasteiger partial charge is 0.387 e. The van der Waals surface area contributed by atoms with Crippen LogP contribution in [0.2, 0.25) is 0 Å². The van der Waals surface area contributed by atoms with Gasteiger partial charge in [0.05, 0.1) is 0 Å². The van der Waals surface area contributed by atoms with Crippen LogP contribution in [0.3, 0.4) is 0 Å². The molecule has 0 bridgehead atoms. The first-order valence-electron chi connectivity index (χ1n) is 3.31. The number of Topliss-reactive ketones (excluding diaryl/α,β-unsaturated/α-hetero) is 1. The third-order valence-electron chi connectivity index (χ3n) is 1.75. The molecule has 0 fully saturated rings. The van der Waals surface area contributed by atoms with Crippen LogP contribution in [0.25, 0.3) is 0 Å². The van der Waals surface area contributed by atoms with Crippen LogP contribution in [-0.4, -0.2) is 39.4 Å². The number of aliphatic hydroxyl groups is 3. The van der Waals surface area contributed by atoms with E-state index in [0.717, 1.165) is 0 Å². The number of carbonyl (C=O) groups is 1. The van der Waals surface area contributed by atoms with Gasteiger partial charge in [-0.1, -0.05) is 0 Å². The number of ketones is 1. The molecule has 3 N–H and O–H groups in total. The highest BCUT2D eigenvalue weighted by Crippen LogP contribution is 2.15. The summed E-state index contributed by atoms with van der Waals surface area (Å²) in [4.78, 5) is 10.9. The molecule has 0 aliphatic heterocycles. The first-order chi connectivity index (χ1) is 5.04. The average molecular weight is 158 g/mol. The van der Waals surface area contributed by atoms with E-state index in [2.05, 4.69) is 0 Å². The minimum atomic E-state index is -1.48. The molecule has 3 atom stereocenters. The second-order valence-corrected chi connectivity index (χ2v) is 2.64. The van der Waals surface area contributed by atoms with Crippen molar-refractivity contribution < 1.29 is 20.1 Å². The molecule has 1 aliphatic carbocycles. The molecule has 62 valence electrons. The summed E-state index contributed by atoms with van der Waals surface area (Å²) in [6, 6.07) is 0. The van der Waals surface area contributed by atoms with Crippen LogP contribution >= 0.6 is 0 Å². The molecule has 0 spiro atoms. The van der Waals surface area contributed by atoms with Crippen molar-refractivity contribution in [1.82, 2.24) is 0 Å². The molecule has 1 rings (SSSR count). The predicted molar refractivity (Wildman–Crippen MR) is 36.8 cm³/mol. The molecule has 0 aromatic rings. The van der Waals surface area contributed by atoms with Gasteiger partial charge < -0.3 is 15.3 Å². The maximum atomic E-state index is 10.9. The number of carbonyl (C=O) groups excluding carboxylic acids is 1.